The lowest BCUT2D eigenvalue weighted by Crippen LogP contribution is -2.52. The number of hydrogen-bond acceptors (Lipinski definition) is 3. The quantitative estimate of drug-likeness (QED) is 0.568. The molecule has 1 aromatic carbocycles. The number of amides is 1. The molecule has 116 valence electrons. The highest BCUT2D eigenvalue weighted by molar-refractivity contribution is 9.10. The zero-order chi connectivity index (χ0) is 15.1. The molecule has 0 radical (unpaired) electrons. The van der Waals surface area contributed by atoms with Gasteiger partial charge in [-0.15, -0.1) is 11.8 Å². The number of nitrogens with one attached hydrogen (secondary N) is 1. The van der Waals surface area contributed by atoms with Crippen LogP contribution in [0, 0.1) is 0 Å². The summed E-state index contributed by atoms with van der Waals surface area (Å²) in [5, 5.41) is 2.99. The van der Waals surface area contributed by atoms with Crippen LogP contribution in [-0.2, 0) is 4.79 Å². The van der Waals surface area contributed by atoms with E-state index >= 15 is 0 Å². The predicted molar refractivity (Wildman–Crippen MR) is 92.5 cm³/mol. The first-order valence-corrected chi connectivity index (χ1v) is 9.34. The second-order valence-corrected chi connectivity index (χ2v) is 7.60. The summed E-state index contributed by atoms with van der Waals surface area (Å²) in [6.07, 6.45) is 5.90. The van der Waals surface area contributed by atoms with E-state index in [1.807, 2.05) is 17.8 Å². The molecule has 0 spiro atoms. The van der Waals surface area contributed by atoms with Crippen LogP contribution in [0.3, 0.4) is 0 Å². The van der Waals surface area contributed by atoms with Crippen molar-refractivity contribution in [1.29, 1.82) is 0 Å². The van der Waals surface area contributed by atoms with Crippen molar-refractivity contribution >= 4 is 33.6 Å². The zero-order valence-corrected chi connectivity index (χ0v) is 14.6. The van der Waals surface area contributed by atoms with E-state index in [-0.39, 0.29) is 5.91 Å². The Morgan fingerprint density at radius 3 is 2.71 bits per heavy atom. The Labute approximate surface area is 139 Å². The standard InChI is InChI=1S/C16H23BrN2OS/c17-13-7-1-2-8-14(13)21-12-6-5-11-19-15(20)16(18)9-3-4-10-16/h1-2,7-8H,3-6,9-12,18H2,(H,19,20). The van der Waals surface area contributed by atoms with Gasteiger partial charge in [-0.25, -0.2) is 0 Å². The van der Waals surface area contributed by atoms with Gasteiger partial charge in [0.1, 0.15) is 0 Å². The van der Waals surface area contributed by atoms with Crippen molar-refractivity contribution in [3.05, 3.63) is 28.7 Å². The van der Waals surface area contributed by atoms with E-state index in [9.17, 15) is 4.79 Å². The number of halogens is 1. The fourth-order valence-electron chi connectivity index (χ4n) is 2.58. The van der Waals surface area contributed by atoms with Crippen LogP contribution in [0.2, 0.25) is 0 Å². The summed E-state index contributed by atoms with van der Waals surface area (Å²) >= 11 is 5.40. The van der Waals surface area contributed by atoms with Gasteiger partial charge in [-0.05, 0) is 59.5 Å². The molecule has 1 fully saturated rings. The smallest absolute Gasteiger partial charge is 0.240 e. The lowest BCUT2D eigenvalue weighted by molar-refractivity contribution is -0.126. The normalized spacial score (nSPS) is 16.9. The minimum Gasteiger partial charge on any atom is -0.355 e. The average Bonchev–Trinajstić information content (AvgIpc) is 2.92. The van der Waals surface area contributed by atoms with Crippen LogP contribution in [0.25, 0.3) is 0 Å². The van der Waals surface area contributed by atoms with Gasteiger partial charge < -0.3 is 11.1 Å². The van der Waals surface area contributed by atoms with Crippen LogP contribution >= 0.6 is 27.7 Å². The van der Waals surface area contributed by atoms with Gasteiger partial charge in [-0.1, -0.05) is 25.0 Å². The first-order valence-electron chi connectivity index (χ1n) is 7.56. The van der Waals surface area contributed by atoms with Gasteiger partial charge in [0.15, 0.2) is 0 Å². The molecule has 0 aliphatic heterocycles. The third kappa shape index (κ3) is 5.01. The maximum absolute atomic E-state index is 12.0. The van der Waals surface area contributed by atoms with E-state index in [1.54, 1.807) is 0 Å². The van der Waals surface area contributed by atoms with Crippen molar-refractivity contribution in [3.8, 4) is 0 Å². The minimum absolute atomic E-state index is 0.0402. The fraction of sp³-hybridized carbons (Fsp3) is 0.562. The van der Waals surface area contributed by atoms with E-state index in [2.05, 4.69) is 39.4 Å². The number of hydrogen-bond donors (Lipinski definition) is 2. The number of thioether (sulfide) groups is 1. The molecule has 1 aromatic rings. The molecule has 1 amide bonds. The van der Waals surface area contributed by atoms with Crippen molar-refractivity contribution < 1.29 is 4.79 Å². The Morgan fingerprint density at radius 1 is 1.29 bits per heavy atom. The van der Waals surface area contributed by atoms with E-state index in [4.69, 9.17) is 5.73 Å². The van der Waals surface area contributed by atoms with Gasteiger partial charge in [0.25, 0.3) is 0 Å². The van der Waals surface area contributed by atoms with Crippen molar-refractivity contribution in [2.75, 3.05) is 12.3 Å². The molecule has 0 unspecified atom stereocenters. The van der Waals surface area contributed by atoms with Gasteiger partial charge in [-0.3, -0.25) is 4.79 Å². The molecule has 0 saturated heterocycles. The van der Waals surface area contributed by atoms with Gasteiger partial charge >= 0.3 is 0 Å². The van der Waals surface area contributed by atoms with Crippen LogP contribution in [0.1, 0.15) is 38.5 Å². The summed E-state index contributed by atoms with van der Waals surface area (Å²) in [6, 6.07) is 8.25. The molecular formula is C16H23BrN2OS. The molecular weight excluding hydrogens is 348 g/mol. The molecule has 3 nitrogen and oxygen atoms in total. The molecule has 3 N–H and O–H groups in total. The molecule has 1 saturated carbocycles. The predicted octanol–water partition coefficient (Wildman–Crippen LogP) is 3.71. The molecule has 2 rings (SSSR count). The highest BCUT2D eigenvalue weighted by Crippen LogP contribution is 2.28. The van der Waals surface area contributed by atoms with Crippen molar-refractivity contribution in [1.82, 2.24) is 5.32 Å². The Kier molecular flexibility index (Phi) is 6.58. The largest absolute Gasteiger partial charge is 0.355 e. The van der Waals surface area contributed by atoms with Crippen LogP contribution in [0.5, 0.6) is 0 Å². The molecule has 0 bridgehead atoms. The second-order valence-electron chi connectivity index (χ2n) is 5.61. The molecule has 1 aliphatic rings. The molecule has 0 atom stereocenters. The summed E-state index contributed by atoms with van der Waals surface area (Å²) in [7, 11) is 0. The third-order valence-corrected chi connectivity index (χ3v) is 6.01. The lowest BCUT2D eigenvalue weighted by Gasteiger charge is -2.22. The van der Waals surface area contributed by atoms with Crippen molar-refractivity contribution in [2.45, 2.75) is 49.0 Å². The number of rotatable bonds is 7. The van der Waals surface area contributed by atoms with Crippen molar-refractivity contribution in [2.24, 2.45) is 5.73 Å². The van der Waals surface area contributed by atoms with E-state index in [0.717, 1.165) is 55.3 Å². The first-order chi connectivity index (χ1) is 10.1. The van der Waals surface area contributed by atoms with Crippen LogP contribution in [0.4, 0.5) is 0 Å². The maximum Gasteiger partial charge on any atom is 0.240 e. The van der Waals surface area contributed by atoms with Gasteiger partial charge in [0.05, 0.1) is 5.54 Å². The number of nitrogens with two attached hydrogens (primary N) is 1. The first kappa shape index (κ1) is 16.8. The summed E-state index contributed by atoms with van der Waals surface area (Å²) in [6.45, 7) is 0.730. The number of carbonyl (C=O) groups is 1. The summed E-state index contributed by atoms with van der Waals surface area (Å²) in [5.41, 5.74) is 5.52. The van der Waals surface area contributed by atoms with E-state index in [0.29, 0.717) is 0 Å². The summed E-state index contributed by atoms with van der Waals surface area (Å²) < 4.78 is 1.15. The average molecular weight is 371 g/mol. The Hall–Kier alpha value is -0.520. The maximum atomic E-state index is 12.0. The van der Waals surface area contributed by atoms with Gasteiger partial charge in [0, 0.05) is 15.9 Å². The monoisotopic (exact) mass is 370 g/mol. The zero-order valence-electron chi connectivity index (χ0n) is 12.2. The van der Waals surface area contributed by atoms with Crippen LogP contribution in [-0.4, -0.2) is 23.7 Å². The van der Waals surface area contributed by atoms with Crippen molar-refractivity contribution in [3.63, 3.8) is 0 Å². The molecule has 1 aliphatic carbocycles. The molecule has 21 heavy (non-hydrogen) atoms. The van der Waals surface area contributed by atoms with E-state index in [1.165, 1.54) is 4.90 Å². The van der Waals surface area contributed by atoms with Crippen LogP contribution in [0.15, 0.2) is 33.6 Å². The summed E-state index contributed by atoms with van der Waals surface area (Å²) in [4.78, 5) is 13.3. The third-order valence-electron chi connectivity index (χ3n) is 3.90. The Morgan fingerprint density at radius 2 is 2.00 bits per heavy atom. The van der Waals surface area contributed by atoms with Gasteiger partial charge in [0.2, 0.25) is 5.91 Å². The number of carbonyl (C=O) groups excluding carboxylic acids is 1. The molecule has 0 aromatic heterocycles. The Balaban J connectivity index is 1.58. The van der Waals surface area contributed by atoms with Crippen LogP contribution < -0.4 is 11.1 Å². The fourth-order valence-corrected chi connectivity index (χ4v) is 4.16. The van der Waals surface area contributed by atoms with E-state index < -0.39 is 5.54 Å². The number of unbranched alkanes of at least 4 members (excludes halogenated alkanes) is 1. The topological polar surface area (TPSA) is 55.1 Å². The lowest BCUT2D eigenvalue weighted by atomic mass is 9.98. The molecule has 5 heteroatoms. The highest BCUT2D eigenvalue weighted by Gasteiger charge is 2.36. The Bertz CT molecular complexity index is 475. The highest BCUT2D eigenvalue weighted by atomic mass is 79.9. The number of benzene rings is 1. The molecule has 0 heterocycles. The SMILES string of the molecule is NC1(C(=O)NCCCCSc2ccccc2Br)CCCC1. The second kappa shape index (κ2) is 8.20. The minimum atomic E-state index is -0.594. The van der Waals surface area contributed by atoms with Gasteiger partial charge in [-0.2, -0.15) is 0 Å². The summed E-state index contributed by atoms with van der Waals surface area (Å²) in [5.74, 6) is 1.10.